The molecular weight excluding hydrogens is 324 g/mol. The average molecular weight is 337 g/mol. The monoisotopic (exact) mass is 336 g/mol. The van der Waals surface area contributed by atoms with Crippen LogP contribution in [0.1, 0.15) is 18.7 Å². The largest absolute Gasteiger partial charge is 0.496 e. The molecule has 5 nitrogen and oxygen atoms in total. The lowest BCUT2D eigenvalue weighted by atomic mass is 10.1. The number of hydrogen-bond acceptors (Lipinski definition) is 3. The molecule has 2 N–H and O–H groups in total. The number of H-pyrrole nitrogens is 1. The van der Waals surface area contributed by atoms with Crippen LogP contribution in [0.5, 0.6) is 5.75 Å². The first-order valence-corrected chi connectivity index (χ1v) is 6.99. The Kier molecular flexibility index (Phi) is 3.05. The molecule has 2 aromatic rings. The molecule has 104 valence electrons. The number of nitrogens with one attached hydrogen (secondary N) is 1. The van der Waals surface area contributed by atoms with Crippen molar-refractivity contribution in [3.63, 3.8) is 0 Å². The topological polar surface area (TPSA) is 75.2 Å². The van der Waals surface area contributed by atoms with Crippen molar-refractivity contribution in [2.75, 3.05) is 7.11 Å². The summed E-state index contributed by atoms with van der Waals surface area (Å²) in [4.78, 5) is 18.7. The highest BCUT2D eigenvalue weighted by atomic mass is 79.9. The van der Waals surface area contributed by atoms with Gasteiger partial charge in [-0.2, -0.15) is 0 Å². The number of aromatic amines is 1. The van der Waals surface area contributed by atoms with Crippen molar-refractivity contribution in [2.45, 2.75) is 18.3 Å². The first-order valence-electron chi connectivity index (χ1n) is 6.19. The molecule has 0 radical (unpaired) electrons. The van der Waals surface area contributed by atoms with Crippen LogP contribution in [0.3, 0.4) is 0 Å². The Morgan fingerprint density at radius 1 is 1.50 bits per heavy atom. The first-order chi connectivity index (χ1) is 9.56. The predicted molar refractivity (Wildman–Crippen MR) is 76.8 cm³/mol. The van der Waals surface area contributed by atoms with Gasteiger partial charge in [0.05, 0.1) is 19.0 Å². The Morgan fingerprint density at radius 3 is 2.85 bits per heavy atom. The van der Waals surface area contributed by atoms with Crippen molar-refractivity contribution < 1.29 is 14.6 Å². The zero-order chi connectivity index (χ0) is 14.3. The van der Waals surface area contributed by atoms with E-state index in [1.807, 2.05) is 18.2 Å². The second-order valence-electron chi connectivity index (χ2n) is 4.88. The summed E-state index contributed by atoms with van der Waals surface area (Å²) in [6.45, 7) is 0. The lowest BCUT2D eigenvalue weighted by Crippen LogP contribution is -2.20. The van der Waals surface area contributed by atoms with Crippen LogP contribution in [0, 0.1) is 0 Å². The summed E-state index contributed by atoms with van der Waals surface area (Å²) in [6.07, 6.45) is 2.92. The number of carboxylic acids is 1. The molecule has 1 heterocycles. The van der Waals surface area contributed by atoms with Crippen molar-refractivity contribution in [1.29, 1.82) is 0 Å². The third kappa shape index (κ3) is 2.00. The van der Waals surface area contributed by atoms with Gasteiger partial charge in [-0.25, -0.2) is 4.98 Å². The Labute approximate surface area is 124 Å². The highest BCUT2D eigenvalue weighted by Crippen LogP contribution is 2.47. The zero-order valence-electron chi connectivity index (χ0n) is 10.8. The van der Waals surface area contributed by atoms with Crippen LogP contribution in [0.2, 0.25) is 0 Å². The Bertz CT molecular complexity index is 677. The van der Waals surface area contributed by atoms with Gasteiger partial charge in [0, 0.05) is 10.0 Å². The van der Waals surface area contributed by atoms with Gasteiger partial charge in [0.15, 0.2) is 0 Å². The number of halogens is 1. The third-order valence-corrected chi connectivity index (χ3v) is 4.13. The average Bonchev–Trinajstić information content (AvgIpc) is 3.10. The minimum Gasteiger partial charge on any atom is -0.496 e. The van der Waals surface area contributed by atoms with E-state index in [0.29, 0.717) is 24.4 Å². The lowest BCUT2D eigenvalue weighted by Gasteiger charge is -2.08. The van der Waals surface area contributed by atoms with Crippen molar-refractivity contribution >= 4 is 21.9 Å². The summed E-state index contributed by atoms with van der Waals surface area (Å²) in [6, 6.07) is 5.65. The highest BCUT2D eigenvalue weighted by Gasteiger charge is 2.54. The predicted octanol–water partition coefficient (Wildman–Crippen LogP) is 2.96. The number of carboxylic acid groups (broad SMARTS) is 1. The molecule has 0 bridgehead atoms. The Balaban J connectivity index is 2.03. The van der Waals surface area contributed by atoms with Crippen molar-refractivity contribution in [2.24, 2.45) is 0 Å². The van der Waals surface area contributed by atoms with Gasteiger partial charge in [-0.3, -0.25) is 4.79 Å². The second kappa shape index (κ2) is 4.63. The second-order valence-corrected chi connectivity index (χ2v) is 5.79. The van der Waals surface area contributed by atoms with Crippen molar-refractivity contribution in [1.82, 2.24) is 9.97 Å². The van der Waals surface area contributed by atoms with E-state index < -0.39 is 11.4 Å². The number of carbonyl (C=O) groups is 1. The van der Waals surface area contributed by atoms with Crippen LogP contribution >= 0.6 is 15.9 Å². The van der Waals surface area contributed by atoms with Crippen LogP contribution in [-0.4, -0.2) is 28.2 Å². The molecule has 20 heavy (non-hydrogen) atoms. The summed E-state index contributed by atoms with van der Waals surface area (Å²) in [5, 5.41) is 9.29. The number of rotatable bonds is 4. The molecule has 1 aliphatic carbocycles. The summed E-state index contributed by atoms with van der Waals surface area (Å²) >= 11 is 3.42. The molecule has 6 heteroatoms. The molecule has 0 unspecified atom stereocenters. The van der Waals surface area contributed by atoms with Gasteiger partial charge >= 0.3 is 5.97 Å². The van der Waals surface area contributed by atoms with Crippen LogP contribution in [0.25, 0.3) is 11.3 Å². The summed E-state index contributed by atoms with van der Waals surface area (Å²) in [5.41, 5.74) is 0.782. The van der Waals surface area contributed by atoms with E-state index in [-0.39, 0.29) is 0 Å². The number of methoxy groups -OCH3 is 1. The normalized spacial score (nSPS) is 15.9. The minimum absolute atomic E-state index is 0.516. The maximum atomic E-state index is 11.3. The molecule has 1 aromatic heterocycles. The van der Waals surface area contributed by atoms with E-state index in [2.05, 4.69) is 25.9 Å². The van der Waals surface area contributed by atoms with Crippen molar-refractivity contribution in [3.05, 3.63) is 34.7 Å². The number of nitrogens with zero attached hydrogens (tertiary/aromatic N) is 1. The number of aliphatic carboxylic acids is 1. The fraction of sp³-hybridized carbons (Fsp3) is 0.286. The summed E-state index contributed by atoms with van der Waals surface area (Å²) < 4.78 is 6.25. The summed E-state index contributed by atoms with van der Waals surface area (Å²) in [7, 11) is 1.60. The maximum absolute atomic E-state index is 11.3. The van der Waals surface area contributed by atoms with Gasteiger partial charge in [-0.05, 0) is 31.0 Å². The minimum atomic E-state index is -0.822. The van der Waals surface area contributed by atoms with E-state index >= 15 is 0 Å². The number of ether oxygens (including phenoxy) is 1. The molecular formula is C14H13BrN2O3. The number of aromatic nitrogens is 2. The molecule has 0 saturated heterocycles. The van der Waals surface area contributed by atoms with E-state index in [1.54, 1.807) is 13.3 Å². The Hall–Kier alpha value is -1.82. The van der Waals surface area contributed by atoms with Crippen LogP contribution in [0.4, 0.5) is 0 Å². The maximum Gasteiger partial charge on any atom is 0.317 e. The van der Waals surface area contributed by atoms with E-state index in [0.717, 1.165) is 15.7 Å². The van der Waals surface area contributed by atoms with Crippen LogP contribution in [0.15, 0.2) is 28.9 Å². The first kappa shape index (κ1) is 13.2. The van der Waals surface area contributed by atoms with E-state index in [4.69, 9.17) is 4.74 Å². The van der Waals surface area contributed by atoms with Gasteiger partial charge in [0.1, 0.15) is 17.0 Å². The molecule has 0 aliphatic heterocycles. The molecule has 0 atom stereocenters. The molecule has 1 aromatic carbocycles. The van der Waals surface area contributed by atoms with Crippen LogP contribution < -0.4 is 4.74 Å². The molecule has 1 saturated carbocycles. The van der Waals surface area contributed by atoms with Gasteiger partial charge in [-0.1, -0.05) is 15.9 Å². The van der Waals surface area contributed by atoms with Gasteiger partial charge < -0.3 is 14.8 Å². The van der Waals surface area contributed by atoms with Gasteiger partial charge in [-0.15, -0.1) is 0 Å². The standard InChI is InChI=1S/C14H13BrN2O3/c1-20-11-3-2-8(15)6-9(11)10-7-16-12(17-10)14(4-5-14)13(18)19/h2-3,6-7H,4-5H2,1H3,(H,16,17)(H,18,19). The number of hydrogen-bond donors (Lipinski definition) is 2. The van der Waals surface area contributed by atoms with Gasteiger partial charge in [0.25, 0.3) is 0 Å². The zero-order valence-corrected chi connectivity index (χ0v) is 12.4. The number of imidazole rings is 1. The fourth-order valence-corrected chi connectivity index (χ4v) is 2.63. The molecule has 0 amide bonds. The number of benzene rings is 1. The molecule has 1 fully saturated rings. The summed E-state index contributed by atoms with van der Waals surface area (Å²) in [5.74, 6) is 0.408. The lowest BCUT2D eigenvalue weighted by molar-refractivity contribution is -0.140. The Morgan fingerprint density at radius 2 is 2.25 bits per heavy atom. The smallest absolute Gasteiger partial charge is 0.317 e. The van der Waals surface area contributed by atoms with Gasteiger partial charge in [0.2, 0.25) is 0 Å². The SMILES string of the molecule is COc1ccc(Br)cc1-c1cnc(C2(C(=O)O)CC2)[nH]1. The van der Waals surface area contributed by atoms with E-state index in [9.17, 15) is 9.90 Å². The molecule has 1 aliphatic rings. The fourth-order valence-electron chi connectivity index (χ4n) is 2.27. The molecule has 3 rings (SSSR count). The quantitative estimate of drug-likeness (QED) is 0.899. The van der Waals surface area contributed by atoms with Crippen LogP contribution in [-0.2, 0) is 10.2 Å². The van der Waals surface area contributed by atoms with E-state index in [1.165, 1.54) is 0 Å². The highest BCUT2D eigenvalue weighted by molar-refractivity contribution is 9.10. The van der Waals surface area contributed by atoms with Crippen molar-refractivity contribution in [3.8, 4) is 17.0 Å². The third-order valence-electron chi connectivity index (χ3n) is 3.64. The molecule has 0 spiro atoms.